The first-order valence-electron chi connectivity index (χ1n) is 8.25. The van der Waals surface area contributed by atoms with E-state index in [-0.39, 0.29) is 5.91 Å². The van der Waals surface area contributed by atoms with Crippen LogP contribution < -0.4 is 5.32 Å². The van der Waals surface area contributed by atoms with Crippen molar-refractivity contribution in [2.75, 3.05) is 5.32 Å². The number of carbonyl (C=O) groups is 1. The maximum atomic E-state index is 12.2. The summed E-state index contributed by atoms with van der Waals surface area (Å²) in [5, 5.41) is 7.50. The molecule has 0 fully saturated rings. The number of aryl methyl sites for hydroxylation is 1. The second-order valence-corrected chi connectivity index (χ2v) is 5.92. The molecule has 0 unspecified atom stereocenters. The minimum absolute atomic E-state index is 0.158. The van der Waals surface area contributed by atoms with Crippen molar-refractivity contribution < 1.29 is 4.79 Å². The van der Waals surface area contributed by atoms with Crippen molar-refractivity contribution in [2.45, 2.75) is 20.4 Å². The Morgan fingerprint density at radius 2 is 1.68 bits per heavy atom. The number of aromatic nitrogens is 2. The van der Waals surface area contributed by atoms with Crippen LogP contribution >= 0.6 is 0 Å². The third kappa shape index (κ3) is 4.23. The third-order valence-corrected chi connectivity index (χ3v) is 4.03. The molecule has 1 amide bonds. The van der Waals surface area contributed by atoms with Gasteiger partial charge in [-0.15, -0.1) is 0 Å². The number of benzene rings is 2. The number of hydrogen-bond donors (Lipinski definition) is 1. The first-order valence-corrected chi connectivity index (χ1v) is 8.25. The van der Waals surface area contributed by atoms with Gasteiger partial charge in [0, 0.05) is 6.08 Å². The second kappa shape index (κ2) is 7.62. The molecule has 3 aromatic rings. The van der Waals surface area contributed by atoms with Crippen molar-refractivity contribution in [3.8, 4) is 0 Å². The summed E-state index contributed by atoms with van der Waals surface area (Å²) in [4.78, 5) is 12.2. The molecule has 1 aromatic heterocycles. The summed E-state index contributed by atoms with van der Waals surface area (Å²) in [6.07, 6.45) is 3.34. The molecular formula is C21H21N3O. The molecule has 126 valence electrons. The van der Waals surface area contributed by atoms with E-state index in [0.717, 1.165) is 22.6 Å². The highest BCUT2D eigenvalue weighted by molar-refractivity contribution is 6.02. The molecule has 0 radical (unpaired) electrons. The molecule has 0 saturated carbocycles. The fourth-order valence-electron chi connectivity index (χ4n) is 2.69. The lowest BCUT2D eigenvalue weighted by Crippen LogP contribution is -2.10. The van der Waals surface area contributed by atoms with E-state index in [1.807, 2.05) is 67.1 Å². The Morgan fingerprint density at radius 3 is 2.36 bits per heavy atom. The van der Waals surface area contributed by atoms with Crippen LogP contribution in [0.3, 0.4) is 0 Å². The van der Waals surface area contributed by atoms with Crippen molar-refractivity contribution >= 4 is 17.7 Å². The first-order chi connectivity index (χ1) is 12.1. The van der Waals surface area contributed by atoms with Gasteiger partial charge >= 0.3 is 0 Å². The monoisotopic (exact) mass is 331 g/mol. The van der Waals surface area contributed by atoms with Gasteiger partial charge in [0.2, 0.25) is 5.91 Å². The Balaban J connectivity index is 1.72. The van der Waals surface area contributed by atoms with E-state index in [1.54, 1.807) is 12.2 Å². The molecule has 0 spiro atoms. The number of anilines is 1. The zero-order valence-electron chi connectivity index (χ0n) is 14.4. The van der Waals surface area contributed by atoms with E-state index in [4.69, 9.17) is 0 Å². The Kier molecular flexibility index (Phi) is 5.09. The molecule has 2 aromatic carbocycles. The third-order valence-electron chi connectivity index (χ3n) is 4.03. The van der Waals surface area contributed by atoms with Crippen LogP contribution in [0.5, 0.6) is 0 Å². The van der Waals surface area contributed by atoms with Crippen LogP contribution in [0, 0.1) is 13.8 Å². The van der Waals surface area contributed by atoms with Gasteiger partial charge in [-0.05, 0) is 31.1 Å². The zero-order valence-corrected chi connectivity index (χ0v) is 14.4. The minimum Gasteiger partial charge on any atom is -0.319 e. The van der Waals surface area contributed by atoms with E-state index < -0.39 is 0 Å². The molecule has 0 aliphatic rings. The largest absolute Gasteiger partial charge is 0.319 e. The lowest BCUT2D eigenvalue weighted by molar-refractivity contribution is -0.111. The van der Waals surface area contributed by atoms with Crippen LogP contribution in [0.1, 0.15) is 22.5 Å². The fourth-order valence-corrected chi connectivity index (χ4v) is 2.69. The van der Waals surface area contributed by atoms with Gasteiger partial charge in [-0.1, -0.05) is 60.7 Å². The van der Waals surface area contributed by atoms with Gasteiger partial charge in [-0.3, -0.25) is 9.48 Å². The molecule has 0 bridgehead atoms. The minimum atomic E-state index is -0.158. The van der Waals surface area contributed by atoms with Crippen molar-refractivity contribution in [3.63, 3.8) is 0 Å². The van der Waals surface area contributed by atoms with Crippen LogP contribution in [0.15, 0.2) is 66.7 Å². The van der Waals surface area contributed by atoms with Gasteiger partial charge in [0.15, 0.2) is 0 Å². The van der Waals surface area contributed by atoms with Crippen LogP contribution in [0.25, 0.3) is 6.08 Å². The molecule has 4 heteroatoms. The molecule has 3 rings (SSSR count). The van der Waals surface area contributed by atoms with Crippen LogP contribution in [-0.4, -0.2) is 15.7 Å². The summed E-state index contributed by atoms with van der Waals surface area (Å²) in [5.41, 5.74) is 4.71. The Hall–Kier alpha value is -3.14. The molecule has 0 saturated heterocycles. The topological polar surface area (TPSA) is 46.9 Å². The van der Waals surface area contributed by atoms with Gasteiger partial charge in [-0.25, -0.2) is 0 Å². The average molecular weight is 331 g/mol. The predicted octanol–water partition coefficient (Wildman–Crippen LogP) is 4.20. The SMILES string of the molecule is Cc1nn(Cc2ccccc2)c(C)c1NC(=O)/C=C/c1ccccc1. The van der Waals surface area contributed by atoms with E-state index in [2.05, 4.69) is 22.5 Å². The zero-order chi connectivity index (χ0) is 17.6. The van der Waals surface area contributed by atoms with E-state index in [9.17, 15) is 4.79 Å². The molecule has 0 aliphatic carbocycles. The van der Waals surface area contributed by atoms with Gasteiger partial charge in [0.25, 0.3) is 0 Å². The van der Waals surface area contributed by atoms with Crippen LogP contribution in [0.4, 0.5) is 5.69 Å². The summed E-state index contributed by atoms with van der Waals surface area (Å²) >= 11 is 0. The average Bonchev–Trinajstić information content (AvgIpc) is 2.89. The second-order valence-electron chi connectivity index (χ2n) is 5.92. The van der Waals surface area contributed by atoms with E-state index in [0.29, 0.717) is 6.54 Å². The summed E-state index contributed by atoms with van der Waals surface area (Å²) < 4.78 is 1.92. The molecule has 25 heavy (non-hydrogen) atoms. The highest BCUT2D eigenvalue weighted by atomic mass is 16.1. The maximum Gasteiger partial charge on any atom is 0.248 e. The summed E-state index contributed by atoms with van der Waals surface area (Å²) in [6.45, 7) is 4.56. The molecule has 0 atom stereocenters. The highest BCUT2D eigenvalue weighted by Crippen LogP contribution is 2.20. The summed E-state index contributed by atoms with van der Waals surface area (Å²) in [6, 6.07) is 19.9. The quantitative estimate of drug-likeness (QED) is 0.712. The van der Waals surface area contributed by atoms with Crippen molar-refractivity contribution in [2.24, 2.45) is 0 Å². The number of amides is 1. The lowest BCUT2D eigenvalue weighted by Gasteiger charge is -2.06. The van der Waals surface area contributed by atoms with Crippen molar-refractivity contribution in [3.05, 3.63) is 89.3 Å². The predicted molar refractivity (Wildman–Crippen MR) is 101 cm³/mol. The molecule has 1 N–H and O–H groups in total. The number of hydrogen-bond acceptors (Lipinski definition) is 2. The van der Waals surface area contributed by atoms with Crippen molar-refractivity contribution in [1.29, 1.82) is 0 Å². The molecule has 4 nitrogen and oxygen atoms in total. The van der Waals surface area contributed by atoms with Crippen molar-refractivity contribution in [1.82, 2.24) is 9.78 Å². The van der Waals surface area contributed by atoms with Crippen LogP contribution in [-0.2, 0) is 11.3 Å². The summed E-state index contributed by atoms with van der Waals surface area (Å²) in [5.74, 6) is -0.158. The number of nitrogens with one attached hydrogen (secondary N) is 1. The lowest BCUT2D eigenvalue weighted by atomic mass is 10.2. The number of nitrogens with zero attached hydrogens (tertiary/aromatic N) is 2. The Labute approximate surface area is 147 Å². The standard InChI is InChI=1S/C21H21N3O/c1-16-21(22-20(25)14-13-18-9-5-3-6-10-18)17(2)24(23-16)15-19-11-7-4-8-12-19/h3-14H,15H2,1-2H3,(H,22,25)/b14-13+. The van der Waals surface area contributed by atoms with Gasteiger partial charge in [0.1, 0.15) is 0 Å². The highest BCUT2D eigenvalue weighted by Gasteiger charge is 2.13. The first kappa shape index (κ1) is 16.7. The van der Waals surface area contributed by atoms with Gasteiger partial charge < -0.3 is 5.32 Å². The van der Waals surface area contributed by atoms with Crippen LogP contribution in [0.2, 0.25) is 0 Å². The van der Waals surface area contributed by atoms with E-state index >= 15 is 0 Å². The molecule has 1 heterocycles. The normalized spacial score (nSPS) is 11.0. The fraction of sp³-hybridized carbons (Fsp3) is 0.143. The Bertz CT molecular complexity index is 880. The molecule has 0 aliphatic heterocycles. The van der Waals surface area contributed by atoms with Gasteiger partial charge in [0.05, 0.1) is 23.6 Å². The summed E-state index contributed by atoms with van der Waals surface area (Å²) in [7, 11) is 0. The smallest absolute Gasteiger partial charge is 0.248 e. The maximum absolute atomic E-state index is 12.2. The number of rotatable bonds is 5. The number of carbonyl (C=O) groups excluding carboxylic acids is 1. The van der Waals surface area contributed by atoms with Gasteiger partial charge in [-0.2, -0.15) is 5.10 Å². The Morgan fingerprint density at radius 1 is 1.04 bits per heavy atom. The molecular weight excluding hydrogens is 310 g/mol. The van der Waals surface area contributed by atoms with E-state index in [1.165, 1.54) is 5.56 Å².